The summed E-state index contributed by atoms with van der Waals surface area (Å²) in [6.45, 7) is 3.37. The Kier molecular flexibility index (Phi) is 5.73. The highest BCUT2D eigenvalue weighted by Gasteiger charge is 2.23. The molecule has 1 heterocycles. The first-order valence-corrected chi connectivity index (χ1v) is 9.06. The van der Waals surface area contributed by atoms with Gasteiger partial charge in [-0.3, -0.25) is 9.59 Å². The molecule has 0 bridgehead atoms. The summed E-state index contributed by atoms with van der Waals surface area (Å²) in [4.78, 5) is 23.5. The summed E-state index contributed by atoms with van der Waals surface area (Å²) < 4.78 is 22.9. The third kappa shape index (κ3) is 4.18. The molecule has 0 aliphatic rings. The average molecular weight is 333 g/mol. The predicted octanol–water partition coefficient (Wildman–Crippen LogP) is 0.869. The van der Waals surface area contributed by atoms with Gasteiger partial charge in [-0.1, -0.05) is 13.8 Å². The fourth-order valence-corrected chi connectivity index (χ4v) is 3.51. The summed E-state index contributed by atoms with van der Waals surface area (Å²) in [7, 11) is -3.12. The van der Waals surface area contributed by atoms with Crippen molar-refractivity contribution in [2.45, 2.75) is 20.3 Å². The van der Waals surface area contributed by atoms with Crippen molar-refractivity contribution in [2.75, 3.05) is 29.1 Å². The van der Waals surface area contributed by atoms with E-state index in [1.807, 2.05) is 0 Å². The normalized spacial score (nSPS) is 11.3. The lowest BCUT2D eigenvalue weighted by atomic mass is 10.1. The van der Waals surface area contributed by atoms with Gasteiger partial charge < -0.3 is 16.8 Å². The minimum absolute atomic E-state index is 0.0451. The highest BCUT2D eigenvalue weighted by atomic mass is 32.2. The molecule has 7 nitrogen and oxygen atoms in total. The molecule has 1 aromatic rings. The number of amides is 1. The summed E-state index contributed by atoms with van der Waals surface area (Å²) in [5.41, 5.74) is 11.2. The zero-order valence-corrected chi connectivity index (χ0v) is 13.6. The fraction of sp³-hybridized carbons (Fsp3) is 0.500. The highest BCUT2D eigenvalue weighted by Crippen LogP contribution is 2.36. The molecule has 1 aromatic heterocycles. The van der Waals surface area contributed by atoms with E-state index in [1.165, 1.54) is 0 Å². The van der Waals surface area contributed by atoms with Gasteiger partial charge in [0.25, 0.3) is 5.91 Å². The Labute approximate surface area is 127 Å². The van der Waals surface area contributed by atoms with Crippen molar-refractivity contribution in [2.24, 2.45) is 5.73 Å². The fourth-order valence-electron chi connectivity index (χ4n) is 1.65. The number of nitrogen functional groups attached to an aromatic ring is 1. The van der Waals surface area contributed by atoms with Crippen LogP contribution in [0.1, 0.15) is 40.3 Å². The molecule has 0 atom stereocenters. The Morgan fingerprint density at radius 2 is 1.90 bits per heavy atom. The first kappa shape index (κ1) is 17.4. The minimum atomic E-state index is -3.12. The van der Waals surface area contributed by atoms with Crippen LogP contribution in [0.2, 0.25) is 0 Å². The molecular weight excluding hydrogens is 314 g/mol. The zero-order chi connectivity index (χ0) is 16.2. The molecule has 21 heavy (non-hydrogen) atoms. The number of carbonyl (C=O) groups is 2. The molecule has 1 amide bonds. The van der Waals surface area contributed by atoms with Crippen molar-refractivity contribution in [3.05, 3.63) is 10.4 Å². The van der Waals surface area contributed by atoms with Gasteiger partial charge in [-0.2, -0.15) is 0 Å². The molecule has 0 fully saturated rings. The van der Waals surface area contributed by atoms with Gasteiger partial charge in [0, 0.05) is 18.7 Å². The van der Waals surface area contributed by atoms with Crippen LogP contribution in [0.3, 0.4) is 0 Å². The first-order chi connectivity index (χ1) is 9.73. The number of primary amides is 1. The van der Waals surface area contributed by atoms with Gasteiger partial charge in [0.1, 0.15) is 5.00 Å². The quantitative estimate of drug-likeness (QED) is 0.605. The van der Waals surface area contributed by atoms with E-state index in [9.17, 15) is 18.0 Å². The SMILES string of the molecule is CCC(=O)c1sc(NCCS(=O)(=O)CC)c(C(N)=O)c1N. The van der Waals surface area contributed by atoms with Crippen molar-refractivity contribution >= 4 is 43.6 Å². The Bertz CT molecular complexity index is 650. The van der Waals surface area contributed by atoms with Crippen molar-refractivity contribution in [1.29, 1.82) is 0 Å². The highest BCUT2D eigenvalue weighted by molar-refractivity contribution is 7.91. The lowest BCUT2D eigenvalue weighted by Gasteiger charge is -2.05. The number of anilines is 2. The Morgan fingerprint density at radius 3 is 2.38 bits per heavy atom. The lowest BCUT2D eigenvalue weighted by Crippen LogP contribution is -2.19. The van der Waals surface area contributed by atoms with Gasteiger partial charge in [0.2, 0.25) is 0 Å². The smallest absolute Gasteiger partial charge is 0.253 e. The zero-order valence-electron chi connectivity index (χ0n) is 11.9. The largest absolute Gasteiger partial charge is 0.397 e. The molecule has 0 spiro atoms. The molecule has 0 radical (unpaired) electrons. The van der Waals surface area contributed by atoms with Crippen molar-refractivity contribution in [3.8, 4) is 0 Å². The Morgan fingerprint density at radius 1 is 1.29 bits per heavy atom. The lowest BCUT2D eigenvalue weighted by molar-refractivity contribution is 0.0991. The number of thiophene rings is 1. The van der Waals surface area contributed by atoms with E-state index < -0.39 is 15.7 Å². The van der Waals surface area contributed by atoms with Crippen molar-refractivity contribution in [3.63, 3.8) is 0 Å². The molecule has 0 aliphatic carbocycles. The van der Waals surface area contributed by atoms with Gasteiger partial charge in [-0.25, -0.2) is 8.42 Å². The molecule has 5 N–H and O–H groups in total. The maximum atomic E-state index is 11.8. The number of nitrogens with one attached hydrogen (secondary N) is 1. The number of ketones is 1. The van der Waals surface area contributed by atoms with E-state index in [1.54, 1.807) is 13.8 Å². The summed E-state index contributed by atoms with van der Waals surface area (Å²) in [5.74, 6) is -0.964. The first-order valence-electron chi connectivity index (χ1n) is 6.43. The van der Waals surface area contributed by atoms with E-state index in [0.717, 1.165) is 11.3 Å². The van der Waals surface area contributed by atoms with E-state index >= 15 is 0 Å². The van der Waals surface area contributed by atoms with Gasteiger partial charge in [-0.15, -0.1) is 11.3 Å². The van der Waals surface area contributed by atoms with Gasteiger partial charge in [0.05, 0.1) is 21.9 Å². The standard InChI is InChI=1S/C12H19N3O4S2/c1-3-7(16)10-9(13)8(11(14)17)12(20-10)15-5-6-21(18,19)4-2/h15H,3-6,13H2,1-2H3,(H2,14,17). The molecule has 0 saturated heterocycles. The minimum Gasteiger partial charge on any atom is -0.397 e. The summed E-state index contributed by atoms with van der Waals surface area (Å²) in [6, 6.07) is 0. The van der Waals surface area contributed by atoms with Crippen LogP contribution in [-0.2, 0) is 9.84 Å². The maximum absolute atomic E-state index is 11.8. The number of nitrogens with two attached hydrogens (primary N) is 2. The van der Waals surface area contributed by atoms with Crippen LogP contribution in [0.5, 0.6) is 0 Å². The monoisotopic (exact) mass is 333 g/mol. The molecule has 1 rings (SSSR count). The molecule has 0 aliphatic heterocycles. The topological polar surface area (TPSA) is 132 Å². The second-order valence-electron chi connectivity index (χ2n) is 4.35. The second-order valence-corrected chi connectivity index (χ2v) is 7.85. The van der Waals surface area contributed by atoms with Crippen LogP contribution in [0.4, 0.5) is 10.7 Å². The predicted molar refractivity (Wildman–Crippen MR) is 84.7 cm³/mol. The summed E-state index contributed by atoms with van der Waals surface area (Å²) in [5, 5.41) is 3.17. The van der Waals surface area contributed by atoms with Crippen LogP contribution in [0, 0.1) is 0 Å². The number of hydrogen-bond acceptors (Lipinski definition) is 7. The van der Waals surface area contributed by atoms with Crippen LogP contribution in [-0.4, -0.2) is 38.2 Å². The molecular formula is C12H19N3O4S2. The van der Waals surface area contributed by atoms with Gasteiger partial charge in [0.15, 0.2) is 15.6 Å². The molecule has 0 unspecified atom stereocenters. The van der Waals surface area contributed by atoms with Crippen LogP contribution >= 0.6 is 11.3 Å². The number of sulfone groups is 1. The maximum Gasteiger partial charge on any atom is 0.253 e. The van der Waals surface area contributed by atoms with Gasteiger partial charge in [-0.05, 0) is 0 Å². The number of Topliss-reactive ketones (excluding diaryl/α,β-unsaturated/α-hetero) is 1. The Hall–Kier alpha value is -1.61. The molecule has 0 saturated carbocycles. The second kappa shape index (κ2) is 6.90. The molecule has 9 heteroatoms. The number of carbonyl (C=O) groups excluding carboxylic acids is 2. The van der Waals surface area contributed by atoms with Crippen molar-refractivity contribution in [1.82, 2.24) is 0 Å². The molecule has 0 aromatic carbocycles. The Balaban J connectivity index is 3.01. The number of rotatable bonds is 8. The molecule has 118 valence electrons. The van der Waals surface area contributed by atoms with E-state index in [-0.39, 0.29) is 46.4 Å². The number of hydrogen-bond donors (Lipinski definition) is 3. The van der Waals surface area contributed by atoms with Gasteiger partial charge >= 0.3 is 0 Å². The third-order valence-corrected chi connectivity index (χ3v) is 5.81. The average Bonchev–Trinajstić information content (AvgIpc) is 2.74. The van der Waals surface area contributed by atoms with Crippen LogP contribution < -0.4 is 16.8 Å². The summed E-state index contributed by atoms with van der Waals surface area (Å²) in [6.07, 6.45) is 0.257. The van der Waals surface area contributed by atoms with Crippen LogP contribution in [0.15, 0.2) is 0 Å². The van der Waals surface area contributed by atoms with Crippen molar-refractivity contribution < 1.29 is 18.0 Å². The summed E-state index contributed by atoms with van der Waals surface area (Å²) >= 11 is 1.02. The van der Waals surface area contributed by atoms with Crippen LogP contribution in [0.25, 0.3) is 0 Å². The van der Waals surface area contributed by atoms with E-state index in [2.05, 4.69) is 5.32 Å². The van der Waals surface area contributed by atoms with E-state index in [4.69, 9.17) is 11.5 Å². The third-order valence-electron chi connectivity index (χ3n) is 2.90. The van der Waals surface area contributed by atoms with E-state index in [0.29, 0.717) is 5.00 Å².